The first-order valence-electron chi connectivity index (χ1n) is 9.48. The van der Waals surface area contributed by atoms with Crippen LogP contribution < -0.4 is 24.6 Å². The molecule has 3 aromatic rings. The van der Waals surface area contributed by atoms with Gasteiger partial charge in [0, 0.05) is 18.1 Å². The van der Waals surface area contributed by atoms with E-state index in [1.807, 2.05) is 0 Å². The van der Waals surface area contributed by atoms with Crippen molar-refractivity contribution in [1.82, 2.24) is 10.1 Å². The standard InChI is InChI=1S/C20H15N5O6S/c1-10(26)23-13-6-4-3-5-11(13)17-18(27)21-20(32-2)22-24(17)19(23)12-7-15-16(31-9-30-15)8-14(12)25(28)29/h3-8,19H,9H2,1-2H3/p+1. The van der Waals surface area contributed by atoms with Crippen molar-refractivity contribution >= 4 is 29.0 Å². The van der Waals surface area contributed by atoms with Crippen molar-refractivity contribution in [2.24, 2.45) is 0 Å². The summed E-state index contributed by atoms with van der Waals surface area (Å²) in [5.74, 6) is 0.172. The summed E-state index contributed by atoms with van der Waals surface area (Å²) in [6, 6.07) is 9.60. The van der Waals surface area contributed by atoms with Crippen molar-refractivity contribution < 1.29 is 23.9 Å². The minimum Gasteiger partial charge on any atom is -0.454 e. The minimum atomic E-state index is -1.10. The normalized spacial score (nSPS) is 15.8. The van der Waals surface area contributed by atoms with Gasteiger partial charge < -0.3 is 9.47 Å². The lowest BCUT2D eigenvalue weighted by Crippen LogP contribution is -2.60. The molecule has 1 atom stereocenters. The van der Waals surface area contributed by atoms with Gasteiger partial charge in [-0.3, -0.25) is 24.7 Å². The number of aromatic nitrogens is 3. The zero-order chi connectivity index (χ0) is 22.6. The lowest BCUT2D eigenvalue weighted by atomic mass is 10.00. The van der Waals surface area contributed by atoms with Crippen LogP contribution in [0.4, 0.5) is 11.4 Å². The third kappa shape index (κ3) is 2.91. The SMILES string of the molecule is CSc1n[n+]2c(c(=O)[nH]1)-c1ccccc1N(C(C)=O)C2c1cc2c(cc1[N+](=O)[O-])OCO2. The second-order valence-electron chi connectivity index (χ2n) is 7.06. The first-order valence-corrected chi connectivity index (χ1v) is 10.7. The Bertz CT molecular complexity index is 1360. The molecule has 162 valence electrons. The quantitative estimate of drug-likeness (QED) is 0.275. The zero-order valence-corrected chi connectivity index (χ0v) is 17.7. The van der Waals surface area contributed by atoms with Crippen molar-refractivity contribution in [3.63, 3.8) is 0 Å². The topological polar surface area (TPSA) is 132 Å². The number of benzene rings is 2. The van der Waals surface area contributed by atoms with Crippen LogP contribution in [-0.4, -0.2) is 34.0 Å². The second kappa shape index (κ2) is 7.34. The van der Waals surface area contributed by atoms with Gasteiger partial charge in [-0.2, -0.15) is 0 Å². The molecule has 3 heterocycles. The lowest BCUT2D eigenvalue weighted by Gasteiger charge is -2.31. The third-order valence-electron chi connectivity index (χ3n) is 5.29. The van der Waals surface area contributed by atoms with E-state index in [1.54, 1.807) is 30.5 Å². The number of hydrogen-bond acceptors (Lipinski definition) is 8. The lowest BCUT2D eigenvalue weighted by molar-refractivity contribution is -0.763. The molecule has 0 saturated heterocycles. The van der Waals surface area contributed by atoms with E-state index in [1.165, 1.54) is 40.4 Å². The Morgan fingerprint density at radius 2 is 2.03 bits per heavy atom. The average molecular weight is 454 g/mol. The number of nitro groups is 1. The van der Waals surface area contributed by atoms with Crippen LogP contribution in [0.15, 0.2) is 46.3 Å². The number of fused-ring (bicyclic) bond motifs is 4. The largest absolute Gasteiger partial charge is 0.454 e. The van der Waals surface area contributed by atoms with Gasteiger partial charge in [0.2, 0.25) is 17.9 Å². The maximum Gasteiger partial charge on any atom is 0.325 e. The summed E-state index contributed by atoms with van der Waals surface area (Å²) < 4.78 is 12.1. The maximum atomic E-state index is 13.1. The number of para-hydroxylation sites is 1. The summed E-state index contributed by atoms with van der Waals surface area (Å²) in [6.07, 6.45) is 0.642. The second-order valence-corrected chi connectivity index (χ2v) is 7.85. The van der Waals surface area contributed by atoms with E-state index >= 15 is 0 Å². The highest BCUT2D eigenvalue weighted by Gasteiger charge is 2.48. The number of nitrogens with zero attached hydrogens (tertiary/aromatic N) is 4. The Balaban J connectivity index is 1.89. The first kappa shape index (κ1) is 20.0. The smallest absolute Gasteiger partial charge is 0.325 e. The molecule has 32 heavy (non-hydrogen) atoms. The van der Waals surface area contributed by atoms with Crippen LogP contribution in [0.5, 0.6) is 11.5 Å². The molecule has 2 aliphatic heterocycles. The minimum absolute atomic E-state index is 0.0713. The monoisotopic (exact) mass is 454 g/mol. The average Bonchev–Trinajstić information content (AvgIpc) is 3.24. The van der Waals surface area contributed by atoms with E-state index in [9.17, 15) is 19.7 Å². The molecule has 0 fully saturated rings. The van der Waals surface area contributed by atoms with Crippen LogP contribution >= 0.6 is 11.8 Å². The number of amides is 1. The molecule has 12 heteroatoms. The predicted octanol–water partition coefficient (Wildman–Crippen LogP) is 2.00. The number of nitro benzene ring substituents is 1. The summed E-state index contributed by atoms with van der Waals surface area (Å²) in [5.41, 5.74) is 0.558. The van der Waals surface area contributed by atoms with Crippen molar-refractivity contribution in [3.8, 4) is 22.8 Å². The Labute approximate surface area is 184 Å². The molecule has 1 aromatic heterocycles. The van der Waals surface area contributed by atoms with Gasteiger partial charge in [-0.1, -0.05) is 23.9 Å². The van der Waals surface area contributed by atoms with Crippen LogP contribution in [0, 0.1) is 10.1 Å². The zero-order valence-electron chi connectivity index (χ0n) is 16.9. The van der Waals surface area contributed by atoms with Gasteiger partial charge in [0.15, 0.2) is 11.5 Å². The van der Waals surface area contributed by atoms with Crippen LogP contribution in [0.1, 0.15) is 18.7 Å². The molecule has 0 bridgehead atoms. The molecule has 1 N–H and O–H groups in total. The highest BCUT2D eigenvalue weighted by molar-refractivity contribution is 7.98. The van der Waals surface area contributed by atoms with Crippen LogP contribution in [-0.2, 0) is 4.79 Å². The maximum absolute atomic E-state index is 13.1. The Hall–Kier alpha value is -3.93. The molecule has 11 nitrogen and oxygen atoms in total. The summed E-state index contributed by atoms with van der Waals surface area (Å²) in [5, 5.41) is 16.8. The molecule has 5 rings (SSSR count). The van der Waals surface area contributed by atoms with Gasteiger partial charge in [0.25, 0.3) is 11.9 Å². The van der Waals surface area contributed by atoms with Crippen LogP contribution in [0.2, 0.25) is 0 Å². The number of rotatable bonds is 3. The summed E-state index contributed by atoms with van der Waals surface area (Å²) >= 11 is 1.21. The molecule has 2 aliphatic rings. The van der Waals surface area contributed by atoms with Gasteiger partial charge in [-0.05, 0) is 23.1 Å². The van der Waals surface area contributed by atoms with E-state index < -0.39 is 16.6 Å². The predicted molar refractivity (Wildman–Crippen MR) is 113 cm³/mol. The number of H-pyrrole nitrogens is 1. The number of hydrogen-bond donors (Lipinski definition) is 1. The summed E-state index contributed by atoms with van der Waals surface area (Å²) in [4.78, 5) is 41.5. The van der Waals surface area contributed by atoms with E-state index in [2.05, 4.69) is 10.1 Å². The van der Waals surface area contributed by atoms with Gasteiger partial charge in [0.1, 0.15) is 5.56 Å². The molecule has 0 radical (unpaired) electrons. The molecule has 1 amide bonds. The Kier molecular flexibility index (Phi) is 4.59. The summed E-state index contributed by atoms with van der Waals surface area (Å²) in [6.45, 7) is 1.29. The van der Waals surface area contributed by atoms with E-state index in [4.69, 9.17) is 9.47 Å². The highest BCUT2D eigenvalue weighted by Crippen LogP contribution is 2.44. The molecule has 0 saturated carbocycles. The number of carbonyl (C=O) groups is 1. The van der Waals surface area contributed by atoms with E-state index in [0.717, 1.165) is 0 Å². The summed E-state index contributed by atoms with van der Waals surface area (Å²) in [7, 11) is 0. The number of anilines is 1. The van der Waals surface area contributed by atoms with E-state index in [0.29, 0.717) is 22.2 Å². The van der Waals surface area contributed by atoms with Crippen molar-refractivity contribution in [2.75, 3.05) is 17.9 Å². The number of ether oxygens (including phenoxy) is 2. The third-order valence-corrected chi connectivity index (χ3v) is 5.86. The molecule has 2 aromatic carbocycles. The van der Waals surface area contributed by atoms with Gasteiger partial charge in [-0.15, -0.1) is 0 Å². The fourth-order valence-electron chi connectivity index (χ4n) is 4.00. The van der Waals surface area contributed by atoms with E-state index in [-0.39, 0.29) is 35.4 Å². The molecular weight excluding hydrogens is 438 g/mol. The van der Waals surface area contributed by atoms with Gasteiger partial charge >= 0.3 is 11.3 Å². The van der Waals surface area contributed by atoms with Crippen molar-refractivity contribution in [2.45, 2.75) is 18.2 Å². The number of carbonyl (C=O) groups excluding carboxylic acids is 1. The van der Waals surface area contributed by atoms with Crippen LogP contribution in [0.25, 0.3) is 11.3 Å². The molecule has 1 unspecified atom stereocenters. The van der Waals surface area contributed by atoms with Crippen LogP contribution in [0.3, 0.4) is 0 Å². The fraction of sp³-hybridized carbons (Fsp3) is 0.200. The Morgan fingerprint density at radius 1 is 1.31 bits per heavy atom. The highest BCUT2D eigenvalue weighted by atomic mass is 32.2. The van der Waals surface area contributed by atoms with Gasteiger partial charge in [0.05, 0.1) is 22.2 Å². The first-order chi connectivity index (χ1) is 15.4. The fourth-order valence-corrected chi connectivity index (χ4v) is 4.36. The number of nitrogens with one attached hydrogen (secondary N) is 1. The molecule has 0 aliphatic carbocycles. The van der Waals surface area contributed by atoms with Crippen molar-refractivity contribution in [3.05, 3.63) is 62.4 Å². The number of aromatic amines is 1. The Morgan fingerprint density at radius 3 is 2.72 bits per heavy atom. The number of thioether (sulfide) groups is 1. The van der Waals surface area contributed by atoms with Crippen molar-refractivity contribution in [1.29, 1.82) is 0 Å². The molecule has 0 spiro atoms. The molecular formula is C20H16N5O6S+. The van der Waals surface area contributed by atoms with Gasteiger partial charge in [-0.25, -0.2) is 4.90 Å².